The van der Waals surface area contributed by atoms with Crippen LogP contribution in [0.4, 0.5) is 24.7 Å². The van der Waals surface area contributed by atoms with Crippen LogP contribution in [-0.4, -0.2) is 101 Å². The summed E-state index contributed by atoms with van der Waals surface area (Å²) in [6, 6.07) is 17.7. The van der Waals surface area contributed by atoms with Crippen LogP contribution in [0.5, 0.6) is 6.01 Å². The van der Waals surface area contributed by atoms with Crippen molar-refractivity contribution in [1.29, 1.82) is 5.26 Å². The summed E-state index contributed by atoms with van der Waals surface area (Å²) in [6.07, 6.45) is -1.77. The van der Waals surface area contributed by atoms with Gasteiger partial charge in [-0.25, -0.2) is 4.79 Å². The zero-order valence-electron chi connectivity index (χ0n) is 27.4. The van der Waals surface area contributed by atoms with Gasteiger partial charge in [-0.15, -0.1) is 0 Å². The first-order valence-electron chi connectivity index (χ1n) is 16.1. The molecule has 0 radical (unpaired) electrons. The molecule has 11 nitrogen and oxygen atoms in total. The van der Waals surface area contributed by atoms with Gasteiger partial charge in [-0.3, -0.25) is 4.79 Å². The van der Waals surface area contributed by atoms with Crippen LogP contribution < -0.4 is 14.5 Å². The maximum absolute atomic E-state index is 12.7. The summed E-state index contributed by atoms with van der Waals surface area (Å²) in [6.45, 7) is 6.41. The van der Waals surface area contributed by atoms with Gasteiger partial charge in [0.05, 0.1) is 30.8 Å². The molecular formula is C35H38F3N7O4. The Bertz CT molecular complexity index is 1780. The van der Waals surface area contributed by atoms with E-state index in [0.717, 1.165) is 43.0 Å². The molecule has 258 valence electrons. The van der Waals surface area contributed by atoms with Gasteiger partial charge in [-0.05, 0) is 57.2 Å². The van der Waals surface area contributed by atoms with Gasteiger partial charge in [0.2, 0.25) is 0 Å². The number of carboxylic acids is 1. The maximum Gasteiger partial charge on any atom is 0.490 e. The van der Waals surface area contributed by atoms with Crippen molar-refractivity contribution in [3.8, 4) is 23.9 Å². The molecule has 1 aromatic heterocycles. The number of alkyl halides is 3. The summed E-state index contributed by atoms with van der Waals surface area (Å²) in [5.41, 5.74) is 3.30. The number of carboxylic acid groups (broad SMARTS) is 1. The minimum atomic E-state index is -5.08. The fourth-order valence-electron chi connectivity index (χ4n) is 6.54. The van der Waals surface area contributed by atoms with Crippen LogP contribution in [0.1, 0.15) is 37.4 Å². The van der Waals surface area contributed by atoms with Crippen molar-refractivity contribution in [3.63, 3.8) is 0 Å². The van der Waals surface area contributed by atoms with E-state index in [1.165, 1.54) is 22.9 Å². The van der Waals surface area contributed by atoms with Crippen molar-refractivity contribution in [2.75, 3.05) is 56.2 Å². The van der Waals surface area contributed by atoms with Gasteiger partial charge in [0.25, 0.3) is 5.91 Å². The predicted octanol–water partition coefficient (Wildman–Crippen LogP) is 4.25. The molecule has 1 N–H and O–H groups in total. The number of nitrogens with zero attached hydrogens (tertiary/aromatic N) is 7. The van der Waals surface area contributed by atoms with E-state index in [1.54, 1.807) is 11.8 Å². The second-order valence-corrected chi connectivity index (χ2v) is 12.2. The third-order valence-corrected chi connectivity index (χ3v) is 9.05. The Kier molecular flexibility index (Phi) is 11.1. The normalized spacial score (nSPS) is 19.2. The lowest BCUT2D eigenvalue weighted by molar-refractivity contribution is -0.192. The molecule has 3 aromatic rings. The molecule has 3 aliphatic heterocycles. The van der Waals surface area contributed by atoms with E-state index in [2.05, 4.69) is 82.1 Å². The highest BCUT2D eigenvalue weighted by Gasteiger charge is 2.38. The lowest BCUT2D eigenvalue weighted by Crippen LogP contribution is -2.55. The average Bonchev–Trinajstić information content (AvgIpc) is 3.50. The summed E-state index contributed by atoms with van der Waals surface area (Å²) in [5.74, 6) is 3.24. The number of likely N-dealkylation sites (N-methyl/N-ethyl adjacent to an activating group) is 1. The number of hydrogen-bond acceptors (Lipinski definition) is 9. The van der Waals surface area contributed by atoms with Gasteiger partial charge in [0.1, 0.15) is 12.4 Å². The molecular weight excluding hydrogens is 639 g/mol. The predicted molar refractivity (Wildman–Crippen MR) is 177 cm³/mol. The third kappa shape index (κ3) is 8.32. The molecule has 6 rings (SSSR count). The number of carbonyl (C=O) groups is 2. The maximum atomic E-state index is 12.7. The molecule has 2 atom stereocenters. The molecule has 1 amide bonds. The molecule has 2 aromatic carbocycles. The van der Waals surface area contributed by atoms with Gasteiger partial charge in [0.15, 0.2) is 0 Å². The van der Waals surface area contributed by atoms with E-state index in [0.29, 0.717) is 44.8 Å². The van der Waals surface area contributed by atoms with Crippen molar-refractivity contribution in [3.05, 3.63) is 53.7 Å². The summed E-state index contributed by atoms with van der Waals surface area (Å²) >= 11 is 0. The molecule has 4 heterocycles. The number of hydrogen-bond donors (Lipinski definition) is 1. The molecule has 49 heavy (non-hydrogen) atoms. The number of rotatable bonds is 6. The molecule has 14 heteroatoms. The van der Waals surface area contributed by atoms with Crippen molar-refractivity contribution >= 4 is 34.2 Å². The standard InChI is InChI=1S/C33H37N7O2.C2HF3O2/c1-3-8-31(41)40-20-19-39(21-25(40)14-16-34)32-28-15-18-38(30-13-6-10-24-9-4-5-12-27(24)30)22-29(28)35-33(36-32)42-23-26-11-7-17-37(26)2;3-2(4,5)1(6)7/h4-6,9-10,12-13,25-26H,7,11,14-15,17-23H2,1-2H3;(H,6,7). The fraction of sp³-hybridized carbons (Fsp3) is 0.457. The second kappa shape index (κ2) is 15.4. The fourth-order valence-corrected chi connectivity index (χ4v) is 6.54. The SMILES string of the molecule is CC#CC(=O)N1CCN(c2nc(OCC3CCCN3C)nc3c2CCN(c2cccc4ccccc24)C3)CC1CC#N.O=C(O)C(F)(F)F. The van der Waals surface area contributed by atoms with Crippen LogP contribution in [-0.2, 0) is 22.6 Å². The Morgan fingerprint density at radius 2 is 1.80 bits per heavy atom. The number of amides is 1. The van der Waals surface area contributed by atoms with Crippen molar-refractivity contribution < 1.29 is 32.6 Å². The highest BCUT2D eigenvalue weighted by Crippen LogP contribution is 2.35. The van der Waals surface area contributed by atoms with E-state index >= 15 is 0 Å². The number of benzene rings is 2. The summed E-state index contributed by atoms with van der Waals surface area (Å²) < 4.78 is 38.0. The molecule has 0 bridgehead atoms. The number of aromatic nitrogens is 2. The van der Waals surface area contributed by atoms with Crippen LogP contribution in [0.15, 0.2) is 42.5 Å². The van der Waals surface area contributed by atoms with Gasteiger partial charge in [-0.1, -0.05) is 42.3 Å². The van der Waals surface area contributed by atoms with Gasteiger partial charge < -0.3 is 29.4 Å². The smallest absolute Gasteiger partial charge is 0.475 e. The minimum absolute atomic E-state index is 0.224. The molecule has 0 aliphatic carbocycles. The number of piperazine rings is 1. The van der Waals surface area contributed by atoms with E-state index in [4.69, 9.17) is 24.6 Å². The lowest BCUT2D eigenvalue weighted by atomic mass is 10.0. The number of aliphatic carboxylic acids is 1. The van der Waals surface area contributed by atoms with Crippen LogP contribution >= 0.6 is 0 Å². The molecule has 0 saturated carbocycles. The Hall–Kier alpha value is -5.08. The van der Waals surface area contributed by atoms with Gasteiger partial charge in [0, 0.05) is 48.9 Å². The third-order valence-electron chi connectivity index (χ3n) is 9.05. The number of likely N-dealkylation sites (tertiary alicyclic amines) is 1. The van der Waals surface area contributed by atoms with Gasteiger partial charge >= 0.3 is 18.2 Å². The summed E-state index contributed by atoms with van der Waals surface area (Å²) in [5, 5.41) is 19.1. The molecule has 0 spiro atoms. The second-order valence-electron chi connectivity index (χ2n) is 12.2. The number of fused-ring (bicyclic) bond motifs is 2. The van der Waals surface area contributed by atoms with Crippen molar-refractivity contribution in [2.24, 2.45) is 0 Å². The Labute approximate surface area is 282 Å². The highest BCUT2D eigenvalue weighted by molar-refractivity contribution is 5.95. The molecule has 2 fully saturated rings. The first-order valence-corrected chi connectivity index (χ1v) is 16.1. The quantitative estimate of drug-likeness (QED) is 0.379. The van der Waals surface area contributed by atoms with E-state index in [1.807, 2.05) is 0 Å². The van der Waals surface area contributed by atoms with Crippen LogP contribution in [0.2, 0.25) is 0 Å². The number of halogens is 3. The van der Waals surface area contributed by atoms with Crippen molar-refractivity contribution in [1.82, 2.24) is 19.8 Å². The number of carbonyl (C=O) groups excluding carboxylic acids is 1. The summed E-state index contributed by atoms with van der Waals surface area (Å²) in [7, 11) is 2.14. The largest absolute Gasteiger partial charge is 0.490 e. The van der Waals surface area contributed by atoms with E-state index in [9.17, 15) is 23.2 Å². The average molecular weight is 678 g/mol. The van der Waals surface area contributed by atoms with E-state index in [-0.39, 0.29) is 18.4 Å². The highest BCUT2D eigenvalue weighted by atomic mass is 19.4. The summed E-state index contributed by atoms with van der Waals surface area (Å²) in [4.78, 5) is 40.2. The van der Waals surface area contributed by atoms with Crippen molar-refractivity contribution in [2.45, 2.75) is 57.4 Å². The Morgan fingerprint density at radius 3 is 2.49 bits per heavy atom. The molecule has 2 unspecified atom stereocenters. The number of ether oxygens (including phenoxy) is 1. The van der Waals surface area contributed by atoms with Crippen LogP contribution in [0, 0.1) is 23.2 Å². The lowest BCUT2D eigenvalue weighted by Gasteiger charge is -2.41. The zero-order chi connectivity index (χ0) is 35.1. The van der Waals surface area contributed by atoms with Crippen LogP contribution in [0.3, 0.4) is 0 Å². The van der Waals surface area contributed by atoms with E-state index < -0.39 is 12.1 Å². The van der Waals surface area contributed by atoms with Crippen LogP contribution in [0.25, 0.3) is 10.8 Å². The number of nitriles is 1. The molecule has 3 aliphatic rings. The topological polar surface area (TPSA) is 126 Å². The zero-order valence-corrected chi connectivity index (χ0v) is 27.4. The minimum Gasteiger partial charge on any atom is -0.475 e. The number of anilines is 2. The first-order chi connectivity index (χ1) is 23.5. The van der Waals surface area contributed by atoms with Gasteiger partial charge in [-0.2, -0.15) is 28.4 Å². The first kappa shape index (κ1) is 35.2. The monoisotopic (exact) mass is 677 g/mol. The Morgan fingerprint density at radius 1 is 1.04 bits per heavy atom. The molecule has 2 saturated heterocycles. The Balaban J connectivity index is 0.000000606.